The smallest absolute Gasteiger partial charge is 0.311 e. The molecule has 1 aliphatic rings. The first kappa shape index (κ1) is 11.5. The third kappa shape index (κ3) is 2.96. The van der Waals surface area contributed by atoms with Crippen LogP contribution in [-0.2, 0) is 9.53 Å². The number of rotatable bonds is 1. The number of carbonyl (C=O) groups excluding carboxylic acids is 1. The summed E-state index contributed by atoms with van der Waals surface area (Å²) in [5.41, 5.74) is -0.404. The molecule has 0 unspecified atom stereocenters. The molecule has 0 aromatic carbocycles. The molecular formula is C10H20N2O2. The van der Waals surface area contributed by atoms with Crippen molar-refractivity contribution in [1.29, 1.82) is 0 Å². The maximum Gasteiger partial charge on any atom is 0.311 e. The first-order valence-corrected chi connectivity index (χ1v) is 5.02. The van der Waals surface area contributed by atoms with Crippen LogP contribution in [-0.4, -0.2) is 29.7 Å². The average molecular weight is 200 g/mol. The summed E-state index contributed by atoms with van der Waals surface area (Å²) < 4.78 is 5.32. The first-order chi connectivity index (χ1) is 6.29. The van der Waals surface area contributed by atoms with Gasteiger partial charge in [0.1, 0.15) is 5.60 Å². The van der Waals surface area contributed by atoms with Crippen LogP contribution in [0.15, 0.2) is 0 Å². The molecule has 0 aromatic rings. The van der Waals surface area contributed by atoms with Crippen molar-refractivity contribution in [3.63, 3.8) is 0 Å². The number of hydrogen-bond donors (Lipinski definition) is 1. The maximum atomic E-state index is 11.7. The van der Waals surface area contributed by atoms with Gasteiger partial charge in [-0.2, -0.15) is 0 Å². The van der Waals surface area contributed by atoms with Gasteiger partial charge in [-0.25, -0.2) is 5.01 Å². The van der Waals surface area contributed by atoms with Gasteiger partial charge < -0.3 is 4.74 Å². The second-order valence-electron chi connectivity index (χ2n) is 5.07. The third-order valence-electron chi connectivity index (χ3n) is 2.35. The van der Waals surface area contributed by atoms with E-state index >= 15 is 0 Å². The van der Waals surface area contributed by atoms with Crippen molar-refractivity contribution >= 4 is 5.97 Å². The summed E-state index contributed by atoms with van der Waals surface area (Å²) in [6.45, 7) is 9.04. The van der Waals surface area contributed by atoms with Crippen LogP contribution in [0.1, 0.15) is 27.7 Å². The van der Waals surface area contributed by atoms with Gasteiger partial charge in [0.05, 0.1) is 5.92 Å². The molecule has 2 atom stereocenters. The molecule has 4 heteroatoms. The summed E-state index contributed by atoms with van der Waals surface area (Å²) in [5, 5.41) is 1.68. The lowest BCUT2D eigenvalue weighted by Gasteiger charge is -2.23. The predicted octanol–water partition coefficient (Wildman–Crippen LogP) is 0.770. The number of hydrogen-bond acceptors (Lipinski definition) is 4. The van der Waals surface area contributed by atoms with Crippen LogP contribution >= 0.6 is 0 Å². The Kier molecular flexibility index (Phi) is 3.17. The van der Waals surface area contributed by atoms with Gasteiger partial charge in [0, 0.05) is 13.1 Å². The Hall–Kier alpha value is -0.610. The van der Waals surface area contributed by atoms with E-state index in [-0.39, 0.29) is 17.8 Å². The number of ether oxygens (including phenoxy) is 1. The highest BCUT2D eigenvalue weighted by atomic mass is 16.6. The van der Waals surface area contributed by atoms with E-state index in [1.807, 2.05) is 27.7 Å². The SMILES string of the molecule is C[C@H]1CN(N)C[C@H]1C(=O)OC(C)(C)C. The lowest BCUT2D eigenvalue weighted by atomic mass is 9.98. The van der Waals surface area contributed by atoms with E-state index in [0.29, 0.717) is 6.54 Å². The molecule has 1 heterocycles. The first-order valence-electron chi connectivity index (χ1n) is 5.02. The molecule has 4 nitrogen and oxygen atoms in total. The van der Waals surface area contributed by atoms with Crippen LogP contribution in [0.4, 0.5) is 0 Å². The van der Waals surface area contributed by atoms with Crippen molar-refractivity contribution in [3.05, 3.63) is 0 Å². The Morgan fingerprint density at radius 1 is 1.43 bits per heavy atom. The van der Waals surface area contributed by atoms with E-state index in [1.54, 1.807) is 5.01 Å². The maximum absolute atomic E-state index is 11.7. The number of nitrogens with zero attached hydrogens (tertiary/aromatic N) is 1. The summed E-state index contributed by atoms with van der Waals surface area (Å²) in [7, 11) is 0. The molecule has 14 heavy (non-hydrogen) atoms. The highest BCUT2D eigenvalue weighted by Crippen LogP contribution is 2.23. The van der Waals surface area contributed by atoms with Gasteiger partial charge in [0.15, 0.2) is 0 Å². The molecule has 1 saturated heterocycles. The topological polar surface area (TPSA) is 55.6 Å². The monoisotopic (exact) mass is 200 g/mol. The molecule has 1 aliphatic heterocycles. The summed E-state index contributed by atoms with van der Waals surface area (Å²) >= 11 is 0. The van der Waals surface area contributed by atoms with Crippen LogP contribution in [0.3, 0.4) is 0 Å². The van der Waals surface area contributed by atoms with Gasteiger partial charge in [-0.3, -0.25) is 10.6 Å². The van der Waals surface area contributed by atoms with Crippen molar-refractivity contribution < 1.29 is 9.53 Å². The zero-order valence-corrected chi connectivity index (χ0v) is 9.41. The van der Waals surface area contributed by atoms with Crippen LogP contribution < -0.4 is 5.84 Å². The fraction of sp³-hybridized carbons (Fsp3) is 0.900. The normalized spacial score (nSPS) is 29.2. The van der Waals surface area contributed by atoms with Crippen molar-refractivity contribution in [2.75, 3.05) is 13.1 Å². The molecule has 1 rings (SSSR count). The molecule has 0 aliphatic carbocycles. The third-order valence-corrected chi connectivity index (χ3v) is 2.35. The van der Waals surface area contributed by atoms with Crippen LogP contribution in [0.25, 0.3) is 0 Å². The molecule has 0 aromatic heterocycles. The molecule has 82 valence electrons. The number of hydrazine groups is 1. The largest absolute Gasteiger partial charge is 0.460 e. The standard InChI is InChI=1S/C10H20N2O2/c1-7-5-12(11)6-8(7)9(13)14-10(2,3)4/h7-8H,5-6,11H2,1-4H3/t7-,8+/m0/s1. The second kappa shape index (κ2) is 3.87. The molecule has 0 amide bonds. The Balaban J connectivity index is 2.53. The molecule has 1 fully saturated rings. The van der Waals surface area contributed by atoms with Gasteiger partial charge in [0.2, 0.25) is 0 Å². The number of esters is 1. The average Bonchev–Trinajstić information content (AvgIpc) is 2.26. The molecule has 0 bridgehead atoms. The summed E-state index contributed by atoms with van der Waals surface area (Å²) in [6, 6.07) is 0. The summed E-state index contributed by atoms with van der Waals surface area (Å²) in [6.07, 6.45) is 0. The van der Waals surface area contributed by atoms with Gasteiger partial charge in [-0.15, -0.1) is 0 Å². The van der Waals surface area contributed by atoms with Crippen LogP contribution in [0.5, 0.6) is 0 Å². The fourth-order valence-corrected chi connectivity index (χ4v) is 1.69. The van der Waals surface area contributed by atoms with Gasteiger partial charge in [-0.05, 0) is 26.7 Å². The lowest BCUT2D eigenvalue weighted by molar-refractivity contribution is -0.160. The van der Waals surface area contributed by atoms with E-state index in [4.69, 9.17) is 10.6 Å². The molecule has 2 N–H and O–H groups in total. The molecular weight excluding hydrogens is 180 g/mol. The number of carbonyl (C=O) groups is 1. The summed E-state index contributed by atoms with van der Waals surface area (Å²) in [4.78, 5) is 11.7. The minimum absolute atomic E-state index is 0.0702. The Labute approximate surface area is 85.4 Å². The van der Waals surface area contributed by atoms with Crippen molar-refractivity contribution in [2.24, 2.45) is 17.7 Å². The highest BCUT2D eigenvalue weighted by molar-refractivity contribution is 5.73. The Bertz CT molecular complexity index is 223. The summed E-state index contributed by atoms with van der Waals surface area (Å²) in [5.74, 6) is 5.73. The lowest BCUT2D eigenvalue weighted by Crippen LogP contribution is -2.33. The van der Waals surface area contributed by atoms with Gasteiger partial charge >= 0.3 is 5.97 Å². The van der Waals surface area contributed by atoms with E-state index in [2.05, 4.69) is 0 Å². The Morgan fingerprint density at radius 2 is 2.00 bits per heavy atom. The van der Waals surface area contributed by atoms with Crippen molar-refractivity contribution in [3.8, 4) is 0 Å². The van der Waals surface area contributed by atoms with E-state index in [0.717, 1.165) is 6.54 Å². The van der Waals surface area contributed by atoms with Crippen LogP contribution in [0, 0.1) is 11.8 Å². The van der Waals surface area contributed by atoms with Crippen LogP contribution in [0.2, 0.25) is 0 Å². The van der Waals surface area contributed by atoms with E-state index < -0.39 is 5.60 Å². The molecule has 0 spiro atoms. The fourth-order valence-electron chi connectivity index (χ4n) is 1.69. The molecule has 0 saturated carbocycles. The zero-order valence-electron chi connectivity index (χ0n) is 9.41. The Morgan fingerprint density at radius 3 is 2.36 bits per heavy atom. The van der Waals surface area contributed by atoms with Gasteiger partial charge in [0.25, 0.3) is 0 Å². The van der Waals surface area contributed by atoms with Crippen molar-refractivity contribution in [1.82, 2.24) is 5.01 Å². The highest BCUT2D eigenvalue weighted by Gasteiger charge is 2.36. The minimum atomic E-state index is -0.404. The molecule has 0 radical (unpaired) electrons. The van der Waals surface area contributed by atoms with E-state index in [1.165, 1.54) is 0 Å². The quantitative estimate of drug-likeness (QED) is 0.502. The zero-order chi connectivity index (χ0) is 10.9. The van der Waals surface area contributed by atoms with E-state index in [9.17, 15) is 4.79 Å². The number of nitrogens with two attached hydrogens (primary N) is 1. The second-order valence-corrected chi connectivity index (χ2v) is 5.07. The minimum Gasteiger partial charge on any atom is -0.460 e. The van der Waals surface area contributed by atoms with Gasteiger partial charge in [-0.1, -0.05) is 6.92 Å². The van der Waals surface area contributed by atoms with Crippen molar-refractivity contribution in [2.45, 2.75) is 33.3 Å². The predicted molar refractivity (Wildman–Crippen MR) is 54.3 cm³/mol.